The van der Waals surface area contributed by atoms with Crippen LogP contribution in [-0.4, -0.2) is 36.5 Å². The molecule has 1 saturated carbocycles. The zero-order valence-corrected chi connectivity index (χ0v) is 12.7. The molecule has 1 heterocycles. The van der Waals surface area contributed by atoms with Crippen molar-refractivity contribution in [3.63, 3.8) is 0 Å². The molecule has 0 spiro atoms. The van der Waals surface area contributed by atoms with Gasteiger partial charge in [-0.15, -0.1) is 0 Å². The number of nitrogens with one attached hydrogen (secondary N) is 1. The Kier molecular flexibility index (Phi) is 4.27. The van der Waals surface area contributed by atoms with Crippen LogP contribution >= 0.6 is 0 Å². The van der Waals surface area contributed by atoms with Gasteiger partial charge in [0.25, 0.3) is 0 Å². The summed E-state index contributed by atoms with van der Waals surface area (Å²) < 4.78 is 0. The summed E-state index contributed by atoms with van der Waals surface area (Å²) in [6.07, 6.45) is 3.66. The van der Waals surface area contributed by atoms with Crippen LogP contribution in [-0.2, 0) is 4.79 Å². The van der Waals surface area contributed by atoms with E-state index in [4.69, 9.17) is 5.73 Å². The lowest BCUT2D eigenvalue weighted by Gasteiger charge is -2.29. The third-order valence-corrected chi connectivity index (χ3v) is 5.02. The summed E-state index contributed by atoms with van der Waals surface area (Å²) in [6.45, 7) is 4.50. The summed E-state index contributed by atoms with van der Waals surface area (Å²) in [5, 5.41) is 3.02. The molecule has 2 aliphatic rings. The molecule has 21 heavy (non-hydrogen) atoms. The largest absolute Gasteiger partial charge is 0.327 e. The van der Waals surface area contributed by atoms with E-state index in [0.717, 1.165) is 30.8 Å². The summed E-state index contributed by atoms with van der Waals surface area (Å²) in [4.78, 5) is 14.5. The van der Waals surface area contributed by atoms with Gasteiger partial charge in [0.15, 0.2) is 0 Å². The normalized spacial score (nSPS) is 29.1. The molecule has 1 aromatic carbocycles. The highest BCUT2D eigenvalue weighted by molar-refractivity contribution is 5.92. The maximum absolute atomic E-state index is 12.2. The summed E-state index contributed by atoms with van der Waals surface area (Å²) in [5.41, 5.74) is 8.24. The molecule has 1 amide bonds. The van der Waals surface area contributed by atoms with Crippen LogP contribution < -0.4 is 11.1 Å². The summed E-state index contributed by atoms with van der Waals surface area (Å²) in [7, 11) is 0. The number of aryl methyl sites for hydroxylation is 1. The fourth-order valence-electron chi connectivity index (χ4n) is 3.84. The van der Waals surface area contributed by atoms with Crippen molar-refractivity contribution >= 4 is 11.6 Å². The number of hydrogen-bond donors (Lipinski definition) is 2. The smallest absolute Gasteiger partial charge is 0.238 e. The molecule has 3 unspecified atom stereocenters. The molecule has 4 nitrogen and oxygen atoms in total. The van der Waals surface area contributed by atoms with Crippen molar-refractivity contribution in [1.82, 2.24) is 4.90 Å². The Morgan fingerprint density at radius 1 is 1.33 bits per heavy atom. The van der Waals surface area contributed by atoms with Crippen LogP contribution in [0.5, 0.6) is 0 Å². The molecule has 4 heteroatoms. The Labute approximate surface area is 126 Å². The van der Waals surface area contributed by atoms with E-state index < -0.39 is 0 Å². The Bertz CT molecular complexity index is 517. The van der Waals surface area contributed by atoms with Gasteiger partial charge in [-0.1, -0.05) is 24.6 Å². The number of likely N-dealkylation sites (tertiary alicyclic amines) is 1. The van der Waals surface area contributed by atoms with Crippen LogP contribution in [0.2, 0.25) is 0 Å². The van der Waals surface area contributed by atoms with Crippen LogP contribution in [0.1, 0.15) is 24.8 Å². The lowest BCUT2D eigenvalue weighted by Crippen LogP contribution is -2.38. The molecule has 3 atom stereocenters. The van der Waals surface area contributed by atoms with Gasteiger partial charge in [-0.2, -0.15) is 0 Å². The summed E-state index contributed by atoms with van der Waals surface area (Å²) in [6, 6.07) is 8.23. The van der Waals surface area contributed by atoms with Crippen molar-refractivity contribution in [2.45, 2.75) is 32.2 Å². The maximum Gasteiger partial charge on any atom is 0.238 e. The average molecular weight is 287 g/mol. The molecule has 1 aliphatic heterocycles. The molecule has 0 aromatic heterocycles. The molecule has 3 rings (SSSR count). The number of nitrogens with zero attached hydrogens (tertiary/aromatic N) is 1. The lowest BCUT2D eigenvalue weighted by molar-refractivity contribution is -0.117. The highest BCUT2D eigenvalue weighted by Crippen LogP contribution is 2.35. The molecule has 114 valence electrons. The number of fused-ring (bicyclic) bond motifs is 1. The monoisotopic (exact) mass is 287 g/mol. The van der Waals surface area contributed by atoms with Crippen molar-refractivity contribution in [1.29, 1.82) is 0 Å². The Balaban J connectivity index is 1.55. The van der Waals surface area contributed by atoms with E-state index in [1.807, 2.05) is 31.2 Å². The molecule has 1 aliphatic carbocycles. The van der Waals surface area contributed by atoms with E-state index >= 15 is 0 Å². The number of para-hydroxylation sites is 1. The number of amides is 1. The molecule has 1 aromatic rings. The fraction of sp³-hybridized carbons (Fsp3) is 0.588. The first kappa shape index (κ1) is 14.5. The third kappa shape index (κ3) is 3.27. The van der Waals surface area contributed by atoms with Gasteiger partial charge in [-0.3, -0.25) is 9.69 Å². The van der Waals surface area contributed by atoms with Crippen LogP contribution in [0.3, 0.4) is 0 Å². The predicted octanol–water partition coefficient (Wildman–Crippen LogP) is 1.99. The Morgan fingerprint density at radius 2 is 2.14 bits per heavy atom. The highest BCUT2D eigenvalue weighted by atomic mass is 16.2. The number of anilines is 1. The lowest BCUT2D eigenvalue weighted by atomic mass is 9.78. The predicted molar refractivity (Wildman–Crippen MR) is 85.1 cm³/mol. The van der Waals surface area contributed by atoms with E-state index in [1.54, 1.807) is 0 Å². The number of carbonyl (C=O) groups is 1. The molecule has 0 bridgehead atoms. The van der Waals surface area contributed by atoms with Crippen molar-refractivity contribution in [3.05, 3.63) is 29.8 Å². The third-order valence-electron chi connectivity index (χ3n) is 5.02. The standard InChI is InChI=1S/C17H25N3O/c1-12-5-2-3-8-16(12)19-17(21)11-20-9-13-6-4-7-15(18)14(13)10-20/h2-3,5,8,13-15H,4,6-7,9-11,18H2,1H3,(H,19,21). The van der Waals surface area contributed by atoms with Crippen LogP contribution in [0.25, 0.3) is 0 Å². The maximum atomic E-state index is 12.2. The number of benzene rings is 1. The number of hydrogen-bond acceptors (Lipinski definition) is 3. The first-order chi connectivity index (χ1) is 10.1. The zero-order valence-electron chi connectivity index (χ0n) is 12.7. The van der Waals surface area contributed by atoms with E-state index in [2.05, 4.69) is 10.2 Å². The minimum atomic E-state index is 0.0801. The second-order valence-electron chi connectivity index (χ2n) is 6.58. The molecule has 1 saturated heterocycles. The van der Waals surface area contributed by atoms with Crippen molar-refractivity contribution in [2.24, 2.45) is 17.6 Å². The second kappa shape index (κ2) is 6.16. The van der Waals surface area contributed by atoms with Gasteiger partial charge < -0.3 is 11.1 Å². The van der Waals surface area contributed by atoms with Gasteiger partial charge in [-0.25, -0.2) is 0 Å². The van der Waals surface area contributed by atoms with Gasteiger partial charge in [0.1, 0.15) is 0 Å². The van der Waals surface area contributed by atoms with Gasteiger partial charge in [-0.05, 0) is 43.2 Å². The van der Waals surface area contributed by atoms with E-state index in [1.165, 1.54) is 12.8 Å². The average Bonchev–Trinajstić information content (AvgIpc) is 2.85. The van der Waals surface area contributed by atoms with Crippen molar-refractivity contribution in [3.8, 4) is 0 Å². The second-order valence-corrected chi connectivity index (χ2v) is 6.58. The quantitative estimate of drug-likeness (QED) is 0.894. The number of nitrogens with two attached hydrogens (primary N) is 1. The van der Waals surface area contributed by atoms with Crippen LogP contribution in [0.4, 0.5) is 5.69 Å². The molecule has 0 radical (unpaired) electrons. The van der Waals surface area contributed by atoms with E-state index in [9.17, 15) is 4.79 Å². The van der Waals surface area contributed by atoms with E-state index in [0.29, 0.717) is 24.4 Å². The number of rotatable bonds is 3. The minimum absolute atomic E-state index is 0.0801. The molecular formula is C17H25N3O. The van der Waals surface area contributed by atoms with Gasteiger partial charge in [0, 0.05) is 24.8 Å². The SMILES string of the molecule is Cc1ccccc1NC(=O)CN1CC2CCCC(N)C2C1. The van der Waals surface area contributed by atoms with Gasteiger partial charge >= 0.3 is 0 Å². The first-order valence-electron chi connectivity index (χ1n) is 7.97. The Morgan fingerprint density at radius 3 is 2.90 bits per heavy atom. The van der Waals surface area contributed by atoms with Gasteiger partial charge in [0.05, 0.1) is 6.54 Å². The van der Waals surface area contributed by atoms with Gasteiger partial charge in [0.2, 0.25) is 5.91 Å². The molecule has 2 fully saturated rings. The molecular weight excluding hydrogens is 262 g/mol. The zero-order chi connectivity index (χ0) is 14.8. The Hall–Kier alpha value is -1.39. The topological polar surface area (TPSA) is 58.4 Å². The van der Waals surface area contributed by atoms with Crippen molar-refractivity contribution in [2.75, 3.05) is 25.0 Å². The van der Waals surface area contributed by atoms with Crippen LogP contribution in [0.15, 0.2) is 24.3 Å². The fourth-order valence-corrected chi connectivity index (χ4v) is 3.84. The summed E-state index contributed by atoms with van der Waals surface area (Å²) >= 11 is 0. The van der Waals surface area contributed by atoms with E-state index in [-0.39, 0.29) is 5.91 Å². The molecule has 3 N–H and O–H groups in total. The van der Waals surface area contributed by atoms with Crippen LogP contribution in [0, 0.1) is 18.8 Å². The minimum Gasteiger partial charge on any atom is -0.327 e. The summed E-state index contributed by atoms with van der Waals surface area (Å²) in [5.74, 6) is 1.36. The van der Waals surface area contributed by atoms with Crippen molar-refractivity contribution < 1.29 is 4.79 Å². The first-order valence-corrected chi connectivity index (χ1v) is 7.97. The highest BCUT2D eigenvalue weighted by Gasteiger charge is 2.38. The number of carbonyl (C=O) groups excluding carboxylic acids is 1.